The molecule has 0 spiro atoms. The molecule has 3 heteroatoms. The number of rotatable bonds is 4. The normalized spacial score (nSPS) is 19.9. The minimum Gasteiger partial charge on any atom is -0.298 e. The third kappa shape index (κ3) is 3.47. The summed E-state index contributed by atoms with van der Waals surface area (Å²) >= 11 is 6.21. The van der Waals surface area contributed by atoms with Crippen LogP contribution in [-0.2, 0) is 6.54 Å². The second-order valence-corrected chi connectivity index (χ2v) is 5.57. The molecule has 100 valence electrons. The van der Waals surface area contributed by atoms with Crippen molar-refractivity contribution in [3.63, 3.8) is 0 Å². The van der Waals surface area contributed by atoms with Gasteiger partial charge < -0.3 is 0 Å². The van der Waals surface area contributed by atoms with Crippen molar-refractivity contribution in [3.05, 3.63) is 34.9 Å². The van der Waals surface area contributed by atoms with Gasteiger partial charge >= 0.3 is 0 Å². The molecule has 1 aromatic carbocycles. The van der Waals surface area contributed by atoms with Gasteiger partial charge in [0.15, 0.2) is 0 Å². The van der Waals surface area contributed by atoms with Crippen LogP contribution in [0.25, 0.3) is 0 Å². The van der Waals surface area contributed by atoms with Crippen LogP contribution in [0.3, 0.4) is 0 Å². The van der Waals surface area contributed by atoms with Gasteiger partial charge in [-0.1, -0.05) is 36.7 Å². The van der Waals surface area contributed by atoms with Crippen molar-refractivity contribution in [2.24, 2.45) is 0 Å². The van der Waals surface area contributed by atoms with E-state index in [9.17, 15) is 0 Å². The summed E-state index contributed by atoms with van der Waals surface area (Å²) in [5.74, 6) is 0. The molecule has 0 N–H and O–H groups in total. The molecule has 0 radical (unpaired) electrons. The average Bonchev–Trinajstić information content (AvgIpc) is 2.41. The maximum atomic E-state index is 6.21. The van der Waals surface area contributed by atoms with E-state index in [0.29, 0.717) is 6.04 Å². The van der Waals surface area contributed by atoms with Crippen LogP contribution in [0.15, 0.2) is 24.3 Å². The van der Waals surface area contributed by atoms with Crippen molar-refractivity contribution in [1.29, 1.82) is 0 Å². The van der Waals surface area contributed by atoms with Crippen LogP contribution in [0.1, 0.15) is 25.8 Å². The van der Waals surface area contributed by atoms with Gasteiger partial charge in [0.05, 0.1) is 0 Å². The summed E-state index contributed by atoms with van der Waals surface area (Å²) in [6, 6.07) is 8.88. The van der Waals surface area contributed by atoms with Crippen molar-refractivity contribution in [2.75, 3.05) is 26.2 Å². The van der Waals surface area contributed by atoms with Gasteiger partial charge in [-0.05, 0) is 25.0 Å². The molecule has 0 amide bonds. The van der Waals surface area contributed by atoms with Gasteiger partial charge in [0, 0.05) is 43.8 Å². The molecular weight excluding hydrogens is 244 g/mol. The number of hydrogen-bond acceptors (Lipinski definition) is 2. The Morgan fingerprint density at radius 2 is 1.83 bits per heavy atom. The molecule has 2 rings (SSSR count). The van der Waals surface area contributed by atoms with Gasteiger partial charge in [-0.2, -0.15) is 0 Å². The predicted molar refractivity (Wildman–Crippen MR) is 78.1 cm³/mol. The van der Waals surface area contributed by atoms with Crippen molar-refractivity contribution in [1.82, 2.24) is 9.80 Å². The topological polar surface area (TPSA) is 6.48 Å². The van der Waals surface area contributed by atoms with E-state index in [0.717, 1.165) is 24.7 Å². The highest BCUT2D eigenvalue weighted by atomic mass is 35.5. The molecule has 1 saturated heterocycles. The minimum absolute atomic E-state index is 0.715. The maximum Gasteiger partial charge on any atom is 0.0451 e. The molecule has 1 aliphatic heterocycles. The number of piperazine rings is 1. The maximum absolute atomic E-state index is 6.21. The molecule has 0 unspecified atom stereocenters. The lowest BCUT2D eigenvalue weighted by Crippen LogP contribution is -2.49. The average molecular weight is 267 g/mol. The van der Waals surface area contributed by atoms with Gasteiger partial charge in [-0.3, -0.25) is 9.80 Å². The van der Waals surface area contributed by atoms with Crippen LogP contribution >= 0.6 is 11.6 Å². The number of nitrogens with zero attached hydrogens (tertiary/aromatic N) is 2. The minimum atomic E-state index is 0.715. The highest BCUT2D eigenvalue weighted by Crippen LogP contribution is 2.18. The molecule has 1 aliphatic rings. The summed E-state index contributed by atoms with van der Waals surface area (Å²) in [5.41, 5.74) is 1.25. The van der Waals surface area contributed by atoms with Crippen molar-refractivity contribution < 1.29 is 0 Å². The lowest BCUT2D eigenvalue weighted by atomic mass is 10.1. The summed E-state index contributed by atoms with van der Waals surface area (Å²) in [4.78, 5) is 5.09. The van der Waals surface area contributed by atoms with Crippen LogP contribution in [0.5, 0.6) is 0 Å². The Kier molecular flexibility index (Phi) is 5.04. The summed E-state index contributed by atoms with van der Waals surface area (Å²) in [6.07, 6.45) is 1.24. The Balaban J connectivity index is 1.86. The molecule has 1 fully saturated rings. The number of benzene rings is 1. The van der Waals surface area contributed by atoms with E-state index in [1.165, 1.54) is 25.1 Å². The fourth-order valence-corrected chi connectivity index (χ4v) is 2.68. The van der Waals surface area contributed by atoms with E-state index in [-0.39, 0.29) is 0 Å². The molecular formula is C15H23ClN2. The zero-order valence-electron chi connectivity index (χ0n) is 11.4. The van der Waals surface area contributed by atoms with Crippen LogP contribution in [0.4, 0.5) is 0 Å². The van der Waals surface area contributed by atoms with Crippen molar-refractivity contribution in [3.8, 4) is 0 Å². The fraction of sp³-hybridized carbons (Fsp3) is 0.600. The summed E-state index contributed by atoms with van der Waals surface area (Å²) < 4.78 is 0. The van der Waals surface area contributed by atoms with Crippen molar-refractivity contribution >= 4 is 11.6 Å². The highest BCUT2D eigenvalue weighted by molar-refractivity contribution is 6.31. The molecule has 1 aromatic rings. The lowest BCUT2D eigenvalue weighted by Gasteiger charge is -2.37. The standard InChI is InChI=1S/C15H23ClN2/c1-3-13(2)18-10-8-17(9-11-18)12-14-6-4-5-7-15(14)16/h4-7,13H,3,8-12H2,1-2H3/t13-/m1/s1. The van der Waals surface area contributed by atoms with Crippen LogP contribution in [0.2, 0.25) is 5.02 Å². The quantitative estimate of drug-likeness (QED) is 0.825. The van der Waals surface area contributed by atoms with E-state index >= 15 is 0 Å². The Morgan fingerprint density at radius 3 is 2.44 bits per heavy atom. The van der Waals surface area contributed by atoms with Gasteiger partial charge in [0.1, 0.15) is 0 Å². The first-order valence-corrected chi connectivity index (χ1v) is 7.28. The first kappa shape index (κ1) is 13.9. The highest BCUT2D eigenvalue weighted by Gasteiger charge is 2.20. The predicted octanol–water partition coefficient (Wildman–Crippen LogP) is 3.26. The van der Waals surface area contributed by atoms with Gasteiger partial charge in [0.2, 0.25) is 0 Å². The molecule has 1 heterocycles. The van der Waals surface area contributed by atoms with E-state index in [2.05, 4.69) is 35.8 Å². The smallest absolute Gasteiger partial charge is 0.0451 e. The van der Waals surface area contributed by atoms with Crippen LogP contribution < -0.4 is 0 Å². The second-order valence-electron chi connectivity index (χ2n) is 5.16. The van der Waals surface area contributed by atoms with E-state index < -0.39 is 0 Å². The zero-order valence-corrected chi connectivity index (χ0v) is 12.2. The Morgan fingerprint density at radius 1 is 1.17 bits per heavy atom. The number of halogens is 1. The monoisotopic (exact) mass is 266 g/mol. The van der Waals surface area contributed by atoms with Crippen molar-refractivity contribution in [2.45, 2.75) is 32.9 Å². The first-order chi connectivity index (χ1) is 8.70. The van der Waals surface area contributed by atoms with E-state index in [4.69, 9.17) is 11.6 Å². The third-order valence-corrected chi connectivity index (χ3v) is 4.34. The lowest BCUT2D eigenvalue weighted by molar-refractivity contribution is 0.0964. The Labute approximate surface area is 116 Å². The van der Waals surface area contributed by atoms with Gasteiger partial charge in [0.25, 0.3) is 0 Å². The molecule has 0 aliphatic carbocycles. The Hall–Kier alpha value is -0.570. The Bertz CT molecular complexity index is 373. The molecule has 1 atom stereocenters. The fourth-order valence-electron chi connectivity index (χ4n) is 2.49. The molecule has 2 nitrogen and oxygen atoms in total. The van der Waals surface area contributed by atoms with E-state index in [1.54, 1.807) is 0 Å². The molecule has 0 bridgehead atoms. The first-order valence-electron chi connectivity index (χ1n) is 6.90. The molecule has 0 saturated carbocycles. The van der Waals surface area contributed by atoms with Gasteiger partial charge in [-0.25, -0.2) is 0 Å². The second kappa shape index (κ2) is 6.55. The third-order valence-electron chi connectivity index (χ3n) is 3.97. The summed E-state index contributed by atoms with van der Waals surface area (Å²) in [5, 5.41) is 0.891. The van der Waals surface area contributed by atoms with Crippen LogP contribution in [0, 0.1) is 0 Å². The van der Waals surface area contributed by atoms with E-state index in [1.807, 2.05) is 12.1 Å². The summed E-state index contributed by atoms with van der Waals surface area (Å²) in [7, 11) is 0. The molecule has 18 heavy (non-hydrogen) atoms. The summed E-state index contributed by atoms with van der Waals surface area (Å²) in [6.45, 7) is 10.2. The zero-order chi connectivity index (χ0) is 13.0. The number of hydrogen-bond donors (Lipinski definition) is 0. The molecule has 0 aromatic heterocycles. The van der Waals surface area contributed by atoms with Gasteiger partial charge in [-0.15, -0.1) is 0 Å². The SMILES string of the molecule is CC[C@@H](C)N1CCN(Cc2ccccc2Cl)CC1. The largest absolute Gasteiger partial charge is 0.298 e. The van der Waals surface area contributed by atoms with Crippen LogP contribution in [-0.4, -0.2) is 42.0 Å².